The summed E-state index contributed by atoms with van der Waals surface area (Å²) in [6.07, 6.45) is 0.0282. The van der Waals surface area contributed by atoms with E-state index in [-0.39, 0.29) is 6.10 Å². The molecule has 0 saturated carbocycles. The van der Waals surface area contributed by atoms with E-state index in [1.165, 1.54) is 0 Å². The zero-order valence-electron chi connectivity index (χ0n) is 9.29. The Kier molecular flexibility index (Phi) is 4.58. The highest BCUT2D eigenvalue weighted by Gasteiger charge is 2.09. The summed E-state index contributed by atoms with van der Waals surface area (Å²) in [5.74, 6) is 0.0811. The van der Waals surface area contributed by atoms with Crippen molar-refractivity contribution in [2.75, 3.05) is 13.6 Å². The van der Waals surface area contributed by atoms with Crippen LogP contribution in [0.5, 0.6) is 5.75 Å². The van der Waals surface area contributed by atoms with Crippen LogP contribution in [0.3, 0.4) is 0 Å². The van der Waals surface area contributed by atoms with Gasteiger partial charge in [-0.05, 0) is 32.2 Å². The monoisotopic (exact) mass is 242 g/mol. The van der Waals surface area contributed by atoms with Gasteiger partial charge >= 0.3 is 0 Å². The normalized spacial score (nSPS) is 12.2. The average molecular weight is 243 g/mol. The molecule has 5 heteroatoms. The Morgan fingerprint density at radius 3 is 2.81 bits per heavy atom. The van der Waals surface area contributed by atoms with Crippen LogP contribution in [0.1, 0.15) is 17.3 Å². The zero-order chi connectivity index (χ0) is 12.1. The predicted octanol–water partition coefficient (Wildman–Crippen LogP) is 1.43. The largest absolute Gasteiger partial charge is 0.489 e. The molecular weight excluding hydrogens is 228 g/mol. The lowest BCUT2D eigenvalue weighted by atomic mass is 10.2. The molecular formula is C11H15ClN2O2. The fraction of sp³-hybridized carbons (Fsp3) is 0.364. The van der Waals surface area contributed by atoms with E-state index in [1.807, 2.05) is 14.0 Å². The van der Waals surface area contributed by atoms with Gasteiger partial charge in [0, 0.05) is 6.54 Å². The van der Waals surface area contributed by atoms with Crippen molar-refractivity contribution in [2.24, 2.45) is 5.73 Å². The molecule has 0 aliphatic heterocycles. The fourth-order valence-electron chi connectivity index (χ4n) is 1.33. The van der Waals surface area contributed by atoms with Crippen molar-refractivity contribution in [3.8, 4) is 5.75 Å². The van der Waals surface area contributed by atoms with Gasteiger partial charge < -0.3 is 15.8 Å². The molecule has 3 N–H and O–H groups in total. The van der Waals surface area contributed by atoms with Crippen LogP contribution in [-0.2, 0) is 0 Å². The number of carbonyl (C=O) groups is 1. The molecule has 1 atom stereocenters. The van der Waals surface area contributed by atoms with Crippen LogP contribution in [0.4, 0.5) is 0 Å². The number of halogens is 1. The van der Waals surface area contributed by atoms with Gasteiger partial charge in [0.05, 0.1) is 10.6 Å². The summed E-state index contributed by atoms with van der Waals surface area (Å²) in [4.78, 5) is 10.9. The van der Waals surface area contributed by atoms with Gasteiger partial charge in [0.25, 0.3) is 0 Å². The molecule has 0 heterocycles. The van der Waals surface area contributed by atoms with Gasteiger partial charge in [0.15, 0.2) is 0 Å². The van der Waals surface area contributed by atoms with E-state index >= 15 is 0 Å². The van der Waals surface area contributed by atoms with E-state index in [0.717, 1.165) is 6.54 Å². The number of nitrogens with two attached hydrogens (primary N) is 1. The number of nitrogens with one attached hydrogen (secondary N) is 1. The summed E-state index contributed by atoms with van der Waals surface area (Å²) >= 11 is 5.89. The van der Waals surface area contributed by atoms with Crippen LogP contribution in [0, 0.1) is 0 Å². The maximum absolute atomic E-state index is 10.9. The summed E-state index contributed by atoms with van der Waals surface area (Å²) in [6, 6.07) is 4.83. The van der Waals surface area contributed by atoms with Crippen LogP contribution in [0.2, 0.25) is 5.02 Å². The lowest BCUT2D eigenvalue weighted by Crippen LogP contribution is -2.26. The van der Waals surface area contributed by atoms with E-state index < -0.39 is 5.91 Å². The molecule has 1 amide bonds. The van der Waals surface area contributed by atoms with Gasteiger partial charge in [-0.25, -0.2) is 0 Å². The topological polar surface area (TPSA) is 64.3 Å². The molecule has 88 valence electrons. The van der Waals surface area contributed by atoms with E-state index in [2.05, 4.69) is 5.32 Å². The first kappa shape index (κ1) is 12.8. The minimum Gasteiger partial charge on any atom is -0.489 e. The molecule has 0 aliphatic carbocycles. The van der Waals surface area contributed by atoms with Crippen LogP contribution >= 0.6 is 11.6 Å². The number of ether oxygens (including phenoxy) is 1. The first-order valence-corrected chi connectivity index (χ1v) is 5.33. The lowest BCUT2D eigenvalue weighted by molar-refractivity contribution is 0.100. The number of likely N-dealkylation sites (N-methyl/N-ethyl adjacent to an activating group) is 1. The van der Waals surface area contributed by atoms with Crippen LogP contribution in [0.15, 0.2) is 18.2 Å². The van der Waals surface area contributed by atoms with Crippen LogP contribution in [-0.4, -0.2) is 25.6 Å². The first-order valence-electron chi connectivity index (χ1n) is 4.95. The minimum atomic E-state index is -0.542. The highest BCUT2D eigenvalue weighted by atomic mass is 35.5. The molecule has 1 rings (SSSR count). The maximum Gasteiger partial charge on any atom is 0.250 e. The van der Waals surface area contributed by atoms with E-state index in [0.29, 0.717) is 16.3 Å². The number of carbonyl (C=O) groups excluding carboxylic acids is 1. The van der Waals surface area contributed by atoms with Crippen molar-refractivity contribution in [1.82, 2.24) is 5.32 Å². The second-order valence-corrected chi connectivity index (χ2v) is 3.90. The third kappa shape index (κ3) is 3.40. The number of hydrogen-bond donors (Lipinski definition) is 2. The van der Waals surface area contributed by atoms with Gasteiger partial charge in [-0.15, -0.1) is 0 Å². The van der Waals surface area contributed by atoms with Crippen LogP contribution in [0.25, 0.3) is 0 Å². The van der Waals surface area contributed by atoms with Crippen molar-refractivity contribution < 1.29 is 9.53 Å². The van der Waals surface area contributed by atoms with Crippen molar-refractivity contribution >= 4 is 17.5 Å². The van der Waals surface area contributed by atoms with Crippen molar-refractivity contribution in [3.63, 3.8) is 0 Å². The highest BCUT2D eigenvalue weighted by Crippen LogP contribution is 2.22. The molecule has 0 radical (unpaired) electrons. The average Bonchev–Trinajstić information content (AvgIpc) is 2.17. The number of primary amides is 1. The van der Waals surface area contributed by atoms with Gasteiger partial charge in [-0.3, -0.25) is 4.79 Å². The third-order valence-electron chi connectivity index (χ3n) is 2.03. The van der Waals surface area contributed by atoms with Crippen LogP contribution < -0.4 is 15.8 Å². The summed E-state index contributed by atoms with van der Waals surface area (Å²) in [6.45, 7) is 2.67. The smallest absolute Gasteiger partial charge is 0.250 e. The summed E-state index contributed by atoms with van der Waals surface area (Å²) in [5, 5.41) is 3.31. The number of benzene rings is 1. The van der Waals surface area contributed by atoms with Gasteiger partial charge in [-0.2, -0.15) is 0 Å². The molecule has 0 aliphatic rings. The summed E-state index contributed by atoms with van der Waals surface area (Å²) < 4.78 is 5.57. The standard InChI is InChI=1S/C11H15ClN2O2/c1-7(6-14-2)16-8-3-4-9(11(13)15)10(12)5-8/h3-5,7,14H,6H2,1-2H3,(H2,13,15). The Morgan fingerprint density at radius 1 is 1.62 bits per heavy atom. The highest BCUT2D eigenvalue weighted by molar-refractivity contribution is 6.33. The second kappa shape index (κ2) is 5.72. The molecule has 0 spiro atoms. The summed E-state index contributed by atoms with van der Waals surface area (Å²) in [7, 11) is 1.85. The maximum atomic E-state index is 10.9. The Bertz CT molecular complexity index is 382. The number of rotatable bonds is 5. The van der Waals surface area contributed by atoms with Crippen molar-refractivity contribution in [2.45, 2.75) is 13.0 Å². The summed E-state index contributed by atoms with van der Waals surface area (Å²) in [5.41, 5.74) is 5.44. The molecule has 1 aromatic rings. The lowest BCUT2D eigenvalue weighted by Gasteiger charge is -2.14. The molecule has 0 saturated heterocycles. The molecule has 0 bridgehead atoms. The van der Waals surface area contributed by atoms with Gasteiger partial charge in [-0.1, -0.05) is 11.6 Å². The Labute approximate surface area is 99.7 Å². The molecule has 0 fully saturated rings. The Morgan fingerprint density at radius 2 is 2.31 bits per heavy atom. The minimum absolute atomic E-state index is 0.0282. The molecule has 1 aromatic carbocycles. The quantitative estimate of drug-likeness (QED) is 0.821. The van der Waals surface area contributed by atoms with Gasteiger partial charge in [0.2, 0.25) is 5.91 Å². The van der Waals surface area contributed by atoms with E-state index in [4.69, 9.17) is 22.1 Å². The van der Waals surface area contributed by atoms with Gasteiger partial charge in [0.1, 0.15) is 11.9 Å². The molecule has 1 unspecified atom stereocenters. The van der Waals surface area contributed by atoms with Crippen molar-refractivity contribution in [1.29, 1.82) is 0 Å². The number of hydrogen-bond acceptors (Lipinski definition) is 3. The fourth-order valence-corrected chi connectivity index (χ4v) is 1.59. The number of amides is 1. The molecule has 4 nitrogen and oxygen atoms in total. The van der Waals surface area contributed by atoms with Crippen molar-refractivity contribution in [3.05, 3.63) is 28.8 Å². The second-order valence-electron chi connectivity index (χ2n) is 3.49. The Balaban J connectivity index is 2.77. The zero-order valence-corrected chi connectivity index (χ0v) is 10.0. The molecule has 0 aromatic heterocycles. The van der Waals surface area contributed by atoms with E-state index in [1.54, 1.807) is 18.2 Å². The van der Waals surface area contributed by atoms with E-state index in [9.17, 15) is 4.79 Å². The molecule has 16 heavy (non-hydrogen) atoms. The predicted molar refractivity (Wildman–Crippen MR) is 64.0 cm³/mol. The third-order valence-corrected chi connectivity index (χ3v) is 2.35. The first-order chi connectivity index (χ1) is 7.54. The SMILES string of the molecule is CNCC(C)Oc1ccc(C(N)=O)c(Cl)c1. The Hall–Kier alpha value is -1.26.